The first-order chi connectivity index (χ1) is 8.39. The van der Waals surface area contributed by atoms with Gasteiger partial charge < -0.3 is 0 Å². The van der Waals surface area contributed by atoms with E-state index in [-0.39, 0.29) is 5.12 Å². The average Bonchev–Trinajstić information content (AvgIpc) is 2.27. The van der Waals surface area contributed by atoms with Crippen molar-refractivity contribution in [2.75, 3.05) is 5.75 Å². The number of rotatable bonds is 4. The number of halogens is 3. The first-order valence-electron chi connectivity index (χ1n) is 5.22. The summed E-state index contributed by atoms with van der Waals surface area (Å²) < 4.78 is 37.2. The van der Waals surface area contributed by atoms with Gasteiger partial charge in [0.2, 0.25) is 0 Å². The molecule has 98 valence electrons. The topological polar surface area (TPSA) is 30.0 Å². The van der Waals surface area contributed by atoms with Crippen LogP contribution >= 0.6 is 11.8 Å². The maximum Gasteiger partial charge on any atom is 0.417 e. The summed E-state index contributed by atoms with van der Waals surface area (Å²) >= 11 is 1.19. The minimum Gasteiger partial charge on any atom is -0.288 e. The van der Waals surface area contributed by atoms with Crippen molar-refractivity contribution in [1.82, 2.24) is 4.98 Å². The number of hydrogen-bond acceptors (Lipinski definition) is 3. The Morgan fingerprint density at radius 1 is 1.44 bits per heavy atom. The standard InChI is InChI=1S/C12H12F3NOS/c1-9(17)18-5-3-2-4-10-6-11(8-16-7-10)12(13,14)15/h2,4,6-8H,3,5H2,1H3. The number of carbonyl (C=O) groups excluding carboxylic acids is 1. The summed E-state index contributed by atoms with van der Waals surface area (Å²) in [5.74, 6) is 0.623. The number of hydrogen-bond donors (Lipinski definition) is 0. The number of thioether (sulfide) groups is 1. The Morgan fingerprint density at radius 2 is 2.17 bits per heavy atom. The molecule has 0 bridgehead atoms. The van der Waals surface area contributed by atoms with Crippen molar-refractivity contribution >= 4 is 23.0 Å². The zero-order chi connectivity index (χ0) is 13.6. The minimum absolute atomic E-state index is 0.0316. The summed E-state index contributed by atoms with van der Waals surface area (Å²) in [5, 5.41) is 0.0316. The van der Waals surface area contributed by atoms with Crippen LogP contribution in [0, 0.1) is 0 Å². The van der Waals surface area contributed by atoms with Crippen molar-refractivity contribution in [3.63, 3.8) is 0 Å². The minimum atomic E-state index is -4.37. The van der Waals surface area contributed by atoms with Gasteiger partial charge in [-0.15, -0.1) is 0 Å². The molecule has 0 aliphatic carbocycles. The Hall–Kier alpha value is -1.30. The van der Waals surface area contributed by atoms with Gasteiger partial charge in [-0.2, -0.15) is 13.2 Å². The molecule has 0 aliphatic rings. The second kappa shape index (κ2) is 6.58. The van der Waals surface area contributed by atoms with Gasteiger partial charge in [0.05, 0.1) is 5.56 Å². The van der Waals surface area contributed by atoms with Crippen LogP contribution in [-0.4, -0.2) is 15.9 Å². The first-order valence-corrected chi connectivity index (χ1v) is 6.20. The van der Waals surface area contributed by atoms with E-state index >= 15 is 0 Å². The molecule has 0 unspecified atom stereocenters. The van der Waals surface area contributed by atoms with Gasteiger partial charge in [-0.3, -0.25) is 9.78 Å². The predicted molar refractivity (Wildman–Crippen MR) is 66.0 cm³/mol. The van der Waals surface area contributed by atoms with Crippen LogP contribution in [0.15, 0.2) is 24.5 Å². The summed E-state index contributed by atoms with van der Waals surface area (Å²) in [6, 6.07) is 1.04. The van der Waals surface area contributed by atoms with E-state index in [2.05, 4.69) is 4.98 Å². The molecule has 0 amide bonds. The number of carbonyl (C=O) groups is 1. The van der Waals surface area contributed by atoms with Gasteiger partial charge in [-0.1, -0.05) is 23.9 Å². The molecule has 0 saturated heterocycles. The second-order valence-corrected chi connectivity index (χ2v) is 4.81. The SMILES string of the molecule is CC(=O)SCCC=Cc1cncc(C(F)(F)F)c1. The number of aromatic nitrogens is 1. The molecule has 0 spiro atoms. The van der Waals surface area contributed by atoms with Crippen molar-refractivity contribution < 1.29 is 18.0 Å². The highest BCUT2D eigenvalue weighted by molar-refractivity contribution is 8.13. The van der Waals surface area contributed by atoms with Crippen LogP contribution in [0.5, 0.6) is 0 Å². The largest absolute Gasteiger partial charge is 0.417 e. The smallest absolute Gasteiger partial charge is 0.288 e. The first kappa shape index (κ1) is 14.8. The highest BCUT2D eigenvalue weighted by Crippen LogP contribution is 2.29. The lowest BCUT2D eigenvalue weighted by molar-refractivity contribution is -0.137. The van der Waals surface area contributed by atoms with Crippen LogP contribution in [0.2, 0.25) is 0 Å². The summed E-state index contributed by atoms with van der Waals surface area (Å²) in [4.78, 5) is 14.2. The molecule has 6 heteroatoms. The molecular weight excluding hydrogens is 263 g/mol. The van der Waals surface area contributed by atoms with Gasteiger partial charge in [0.1, 0.15) is 0 Å². The monoisotopic (exact) mass is 275 g/mol. The molecule has 0 atom stereocenters. The third-order valence-electron chi connectivity index (χ3n) is 1.99. The molecular formula is C12H12F3NOS. The molecule has 18 heavy (non-hydrogen) atoms. The summed E-state index contributed by atoms with van der Waals surface area (Å²) in [6.07, 6.45) is 1.71. The van der Waals surface area contributed by atoms with Gasteiger partial charge >= 0.3 is 6.18 Å². The molecule has 0 radical (unpaired) electrons. The highest BCUT2D eigenvalue weighted by Gasteiger charge is 2.30. The quantitative estimate of drug-likeness (QED) is 0.783. The molecule has 1 rings (SSSR count). The third kappa shape index (κ3) is 5.35. The maximum atomic E-state index is 12.4. The van der Waals surface area contributed by atoms with E-state index in [1.165, 1.54) is 24.9 Å². The fourth-order valence-electron chi connectivity index (χ4n) is 1.19. The Morgan fingerprint density at radius 3 is 2.78 bits per heavy atom. The number of nitrogens with zero attached hydrogens (tertiary/aromatic N) is 1. The molecule has 1 aromatic rings. The zero-order valence-corrected chi connectivity index (χ0v) is 10.5. The number of allylic oxidation sites excluding steroid dienone is 1. The normalized spacial score (nSPS) is 12.0. The second-order valence-electron chi connectivity index (χ2n) is 3.54. The van der Waals surface area contributed by atoms with E-state index in [9.17, 15) is 18.0 Å². The van der Waals surface area contributed by atoms with Gasteiger partial charge in [-0.25, -0.2) is 0 Å². The van der Waals surface area contributed by atoms with E-state index in [1.807, 2.05) is 0 Å². The van der Waals surface area contributed by atoms with E-state index < -0.39 is 11.7 Å². The molecule has 2 nitrogen and oxygen atoms in total. The van der Waals surface area contributed by atoms with E-state index in [4.69, 9.17) is 0 Å². The van der Waals surface area contributed by atoms with Crippen LogP contribution in [0.25, 0.3) is 6.08 Å². The summed E-state index contributed by atoms with van der Waals surface area (Å²) in [6.45, 7) is 1.48. The Bertz CT molecular complexity index is 443. The molecule has 0 aliphatic heterocycles. The Kier molecular flexibility index (Phi) is 5.40. The van der Waals surface area contributed by atoms with Crippen molar-refractivity contribution in [2.45, 2.75) is 19.5 Å². The molecule has 0 N–H and O–H groups in total. The molecule has 1 heterocycles. The van der Waals surface area contributed by atoms with Crippen molar-refractivity contribution in [3.8, 4) is 0 Å². The molecule has 1 aromatic heterocycles. The Balaban J connectivity index is 2.57. The van der Waals surface area contributed by atoms with Crippen LogP contribution < -0.4 is 0 Å². The van der Waals surface area contributed by atoms with Crippen LogP contribution in [0.4, 0.5) is 13.2 Å². The van der Waals surface area contributed by atoms with Gasteiger partial charge in [0.25, 0.3) is 0 Å². The highest BCUT2D eigenvalue weighted by atomic mass is 32.2. The molecule has 0 saturated carbocycles. The van der Waals surface area contributed by atoms with E-state index in [0.717, 1.165) is 12.3 Å². The van der Waals surface area contributed by atoms with Gasteiger partial charge in [0, 0.05) is 25.1 Å². The van der Waals surface area contributed by atoms with Crippen LogP contribution in [0.1, 0.15) is 24.5 Å². The van der Waals surface area contributed by atoms with E-state index in [1.54, 1.807) is 12.2 Å². The lowest BCUT2D eigenvalue weighted by Crippen LogP contribution is -2.05. The number of pyridine rings is 1. The molecule has 0 aromatic carbocycles. The molecule has 0 fully saturated rings. The third-order valence-corrected chi connectivity index (χ3v) is 2.83. The number of alkyl halides is 3. The van der Waals surface area contributed by atoms with Crippen molar-refractivity contribution in [3.05, 3.63) is 35.7 Å². The maximum absolute atomic E-state index is 12.4. The summed E-state index contributed by atoms with van der Waals surface area (Å²) in [5.41, 5.74) is -0.361. The fourth-order valence-corrected chi connectivity index (χ4v) is 1.74. The lowest BCUT2D eigenvalue weighted by atomic mass is 10.2. The Labute approximate surface area is 107 Å². The van der Waals surface area contributed by atoms with Crippen molar-refractivity contribution in [1.29, 1.82) is 0 Å². The summed E-state index contributed by atoms with van der Waals surface area (Å²) in [7, 11) is 0. The van der Waals surface area contributed by atoms with Crippen LogP contribution in [0.3, 0.4) is 0 Å². The van der Waals surface area contributed by atoms with Crippen LogP contribution in [-0.2, 0) is 11.0 Å². The van der Waals surface area contributed by atoms with Gasteiger partial charge in [-0.05, 0) is 18.1 Å². The fraction of sp³-hybridized carbons (Fsp3) is 0.333. The van der Waals surface area contributed by atoms with Crippen molar-refractivity contribution in [2.24, 2.45) is 0 Å². The van der Waals surface area contributed by atoms with Gasteiger partial charge in [0.15, 0.2) is 5.12 Å². The van der Waals surface area contributed by atoms with E-state index in [0.29, 0.717) is 17.7 Å². The lowest BCUT2D eigenvalue weighted by Gasteiger charge is -2.05. The predicted octanol–water partition coefficient (Wildman–Crippen LogP) is 3.78. The average molecular weight is 275 g/mol. The zero-order valence-electron chi connectivity index (χ0n) is 9.70.